The molecule has 2 nitrogen and oxygen atoms in total. The lowest BCUT2D eigenvalue weighted by molar-refractivity contribution is -0.145. The maximum absolute atomic E-state index is 11.6. The van der Waals surface area contributed by atoms with E-state index in [9.17, 15) is 9.59 Å². The minimum atomic E-state index is -0.328. The zero-order valence-electron chi connectivity index (χ0n) is 8.56. The summed E-state index contributed by atoms with van der Waals surface area (Å²) in [5.41, 5.74) is -0.328. The predicted octanol–water partition coefficient (Wildman–Crippen LogP) is 2.51. The molecule has 0 N–H and O–H groups in total. The molecule has 0 bridgehead atoms. The first-order valence-electron chi connectivity index (χ1n) is 5.18. The van der Waals surface area contributed by atoms with Crippen LogP contribution in [0.2, 0.25) is 0 Å². The van der Waals surface area contributed by atoms with Crippen molar-refractivity contribution >= 4 is 11.6 Å². The average molecular weight is 182 g/mol. The highest BCUT2D eigenvalue weighted by Gasteiger charge is 2.39. The molecule has 1 saturated carbocycles. The Labute approximate surface area is 79.7 Å². The van der Waals surface area contributed by atoms with Crippen LogP contribution < -0.4 is 0 Å². The van der Waals surface area contributed by atoms with Gasteiger partial charge in [-0.3, -0.25) is 9.59 Å². The van der Waals surface area contributed by atoms with Crippen LogP contribution in [0.25, 0.3) is 0 Å². The van der Waals surface area contributed by atoms with Crippen molar-refractivity contribution in [3.63, 3.8) is 0 Å². The van der Waals surface area contributed by atoms with E-state index in [2.05, 4.69) is 6.92 Å². The van der Waals surface area contributed by atoms with Gasteiger partial charge in [0.25, 0.3) is 0 Å². The van der Waals surface area contributed by atoms with Gasteiger partial charge in [-0.1, -0.05) is 26.7 Å². The molecule has 1 aliphatic rings. The molecular weight excluding hydrogens is 164 g/mol. The van der Waals surface area contributed by atoms with Gasteiger partial charge < -0.3 is 0 Å². The summed E-state index contributed by atoms with van der Waals surface area (Å²) in [5.74, 6) is -0.267. The zero-order chi connectivity index (χ0) is 9.90. The Morgan fingerprint density at radius 3 is 2.69 bits per heavy atom. The Balaban J connectivity index is 2.64. The number of carbonyl (C=O) groups excluding carboxylic acids is 2. The minimum Gasteiger partial charge on any atom is -0.291 e. The minimum absolute atomic E-state index is 0.118. The molecule has 2 heteroatoms. The summed E-state index contributed by atoms with van der Waals surface area (Å²) in [7, 11) is 0. The van der Waals surface area contributed by atoms with Crippen LogP contribution >= 0.6 is 0 Å². The van der Waals surface area contributed by atoms with Crippen molar-refractivity contribution in [2.75, 3.05) is 0 Å². The first kappa shape index (κ1) is 10.4. The molecule has 1 rings (SSSR count). The Morgan fingerprint density at radius 1 is 1.38 bits per heavy atom. The second-order valence-electron chi connectivity index (χ2n) is 4.27. The lowest BCUT2D eigenvalue weighted by atomic mass is 9.71. The smallest absolute Gasteiger partial charge is 0.204 e. The largest absolute Gasteiger partial charge is 0.291 e. The number of hydrogen-bond acceptors (Lipinski definition) is 2. The molecule has 0 heterocycles. The molecule has 1 atom stereocenters. The number of hydrogen-bond donors (Lipinski definition) is 0. The Bertz CT molecular complexity index is 220. The first-order valence-corrected chi connectivity index (χ1v) is 5.18. The molecule has 0 aliphatic heterocycles. The van der Waals surface area contributed by atoms with E-state index in [1.807, 2.05) is 6.92 Å². The van der Waals surface area contributed by atoms with Crippen LogP contribution in [-0.2, 0) is 9.59 Å². The van der Waals surface area contributed by atoms with E-state index in [1.165, 1.54) is 0 Å². The molecule has 1 aliphatic carbocycles. The van der Waals surface area contributed by atoms with E-state index in [-0.39, 0.29) is 17.0 Å². The Morgan fingerprint density at radius 2 is 2.08 bits per heavy atom. The van der Waals surface area contributed by atoms with Crippen molar-refractivity contribution < 1.29 is 9.59 Å². The van der Waals surface area contributed by atoms with Gasteiger partial charge in [0.1, 0.15) is 0 Å². The summed E-state index contributed by atoms with van der Waals surface area (Å²) in [6, 6.07) is 0. The summed E-state index contributed by atoms with van der Waals surface area (Å²) >= 11 is 0. The normalized spacial score (nSPS) is 29.4. The monoisotopic (exact) mass is 182 g/mol. The van der Waals surface area contributed by atoms with E-state index in [1.54, 1.807) is 0 Å². The standard InChI is InChI=1S/C11H18O2/c1-3-4-7-11(2)8-5-6-9(12)10(11)13/h3-8H2,1-2H3. The molecule has 0 saturated heterocycles. The van der Waals surface area contributed by atoms with Crippen LogP contribution in [0.4, 0.5) is 0 Å². The number of ketones is 2. The molecule has 0 spiro atoms. The molecule has 0 aromatic heterocycles. The number of Topliss-reactive ketones (excluding diaryl/α,β-unsaturated/α-hetero) is 2. The van der Waals surface area contributed by atoms with Crippen molar-refractivity contribution in [3.05, 3.63) is 0 Å². The van der Waals surface area contributed by atoms with Crippen molar-refractivity contribution in [2.24, 2.45) is 5.41 Å². The molecular formula is C11H18O2. The number of unbranched alkanes of at least 4 members (excludes halogenated alkanes) is 1. The lowest BCUT2D eigenvalue weighted by Gasteiger charge is -2.30. The summed E-state index contributed by atoms with van der Waals surface area (Å²) in [4.78, 5) is 22.8. The number of rotatable bonds is 3. The molecule has 1 fully saturated rings. The van der Waals surface area contributed by atoms with E-state index in [0.29, 0.717) is 6.42 Å². The van der Waals surface area contributed by atoms with Gasteiger partial charge in [0.15, 0.2) is 5.78 Å². The first-order chi connectivity index (χ1) is 6.10. The van der Waals surface area contributed by atoms with Gasteiger partial charge >= 0.3 is 0 Å². The summed E-state index contributed by atoms with van der Waals surface area (Å²) < 4.78 is 0. The highest BCUT2D eigenvalue weighted by Crippen LogP contribution is 2.35. The van der Waals surface area contributed by atoms with Gasteiger partial charge in [0.2, 0.25) is 5.78 Å². The van der Waals surface area contributed by atoms with E-state index in [4.69, 9.17) is 0 Å². The van der Waals surface area contributed by atoms with Crippen molar-refractivity contribution in [1.29, 1.82) is 0 Å². The molecule has 0 amide bonds. The van der Waals surface area contributed by atoms with Gasteiger partial charge in [-0.15, -0.1) is 0 Å². The summed E-state index contributed by atoms with van der Waals surface area (Å²) in [6.07, 6.45) is 5.30. The molecule has 1 unspecified atom stereocenters. The molecule has 0 aromatic carbocycles. The Kier molecular flexibility index (Phi) is 3.23. The second kappa shape index (κ2) is 4.03. The lowest BCUT2D eigenvalue weighted by Crippen LogP contribution is -2.37. The predicted molar refractivity (Wildman–Crippen MR) is 51.5 cm³/mol. The average Bonchev–Trinajstić information content (AvgIpc) is 2.11. The number of carbonyl (C=O) groups is 2. The van der Waals surface area contributed by atoms with Crippen molar-refractivity contribution in [3.8, 4) is 0 Å². The van der Waals surface area contributed by atoms with Crippen LogP contribution in [0.15, 0.2) is 0 Å². The maximum atomic E-state index is 11.6. The second-order valence-corrected chi connectivity index (χ2v) is 4.27. The molecule has 74 valence electrons. The van der Waals surface area contributed by atoms with Crippen LogP contribution in [0, 0.1) is 5.41 Å². The van der Waals surface area contributed by atoms with Gasteiger partial charge in [-0.2, -0.15) is 0 Å². The van der Waals surface area contributed by atoms with E-state index in [0.717, 1.165) is 32.1 Å². The summed E-state index contributed by atoms with van der Waals surface area (Å²) in [6.45, 7) is 4.06. The fourth-order valence-corrected chi connectivity index (χ4v) is 2.01. The van der Waals surface area contributed by atoms with Crippen LogP contribution in [-0.4, -0.2) is 11.6 Å². The van der Waals surface area contributed by atoms with Crippen LogP contribution in [0.1, 0.15) is 52.4 Å². The molecule has 13 heavy (non-hydrogen) atoms. The third-order valence-corrected chi connectivity index (χ3v) is 3.02. The highest BCUT2D eigenvalue weighted by atomic mass is 16.2. The topological polar surface area (TPSA) is 34.1 Å². The fraction of sp³-hybridized carbons (Fsp3) is 0.818. The van der Waals surface area contributed by atoms with Gasteiger partial charge in [-0.05, 0) is 19.3 Å². The zero-order valence-corrected chi connectivity index (χ0v) is 8.56. The summed E-state index contributed by atoms with van der Waals surface area (Å²) in [5, 5.41) is 0. The Hall–Kier alpha value is -0.660. The van der Waals surface area contributed by atoms with Gasteiger partial charge in [-0.25, -0.2) is 0 Å². The maximum Gasteiger partial charge on any atom is 0.204 e. The van der Waals surface area contributed by atoms with Crippen molar-refractivity contribution in [1.82, 2.24) is 0 Å². The fourth-order valence-electron chi connectivity index (χ4n) is 2.01. The van der Waals surface area contributed by atoms with Gasteiger partial charge in [0, 0.05) is 11.8 Å². The highest BCUT2D eigenvalue weighted by molar-refractivity contribution is 6.39. The molecule has 0 radical (unpaired) electrons. The van der Waals surface area contributed by atoms with Crippen LogP contribution in [0.3, 0.4) is 0 Å². The van der Waals surface area contributed by atoms with E-state index < -0.39 is 0 Å². The van der Waals surface area contributed by atoms with Crippen LogP contribution in [0.5, 0.6) is 0 Å². The van der Waals surface area contributed by atoms with E-state index >= 15 is 0 Å². The third-order valence-electron chi connectivity index (χ3n) is 3.02. The van der Waals surface area contributed by atoms with Crippen molar-refractivity contribution in [2.45, 2.75) is 52.4 Å². The third kappa shape index (κ3) is 2.17. The SMILES string of the molecule is CCCCC1(C)CCCC(=O)C1=O. The molecule has 0 aromatic rings. The quantitative estimate of drug-likeness (QED) is 0.628. The van der Waals surface area contributed by atoms with Gasteiger partial charge in [0.05, 0.1) is 0 Å².